The maximum absolute atomic E-state index is 2.52. The largest absolute Gasteiger partial charge is 0.344 e. The van der Waals surface area contributed by atoms with Gasteiger partial charge in [0.05, 0.1) is 0 Å². The van der Waals surface area contributed by atoms with Gasteiger partial charge in [0.25, 0.3) is 0 Å². The lowest BCUT2D eigenvalue weighted by atomic mass is 9.77. The summed E-state index contributed by atoms with van der Waals surface area (Å²) >= 11 is 0. The van der Waals surface area contributed by atoms with Crippen LogP contribution in [0.4, 0.5) is 0 Å². The Balaban J connectivity index is 1.58. The number of fused-ring (bicyclic) bond motifs is 9. The lowest BCUT2D eigenvalue weighted by molar-refractivity contribution is 0.565. The number of benzene rings is 4. The highest BCUT2D eigenvalue weighted by Gasteiger charge is 2.40. The summed E-state index contributed by atoms with van der Waals surface area (Å²) < 4.78 is 2.42. The molecule has 2 aliphatic carbocycles. The molecule has 7 rings (SSSR count). The van der Waals surface area contributed by atoms with Crippen LogP contribution in [-0.4, -0.2) is 4.57 Å². The van der Waals surface area contributed by atoms with Gasteiger partial charge >= 0.3 is 0 Å². The number of aromatic nitrogens is 1. The Labute approximate surface area is 202 Å². The number of aryl methyl sites for hydroxylation is 1. The van der Waals surface area contributed by atoms with Crippen LogP contribution >= 0.6 is 0 Å². The van der Waals surface area contributed by atoms with Crippen LogP contribution in [0.2, 0.25) is 0 Å². The highest BCUT2D eigenvalue weighted by Crippen LogP contribution is 2.54. The van der Waals surface area contributed by atoms with Gasteiger partial charge in [0.15, 0.2) is 0 Å². The minimum Gasteiger partial charge on any atom is -0.344 e. The maximum atomic E-state index is 2.52. The maximum Gasteiger partial charge on any atom is 0.0495 e. The highest BCUT2D eigenvalue weighted by atomic mass is 14.9. The van der Waals surface area contributed by atoms with Gasteiger partial charge < -0.3 is 4.57 Å². The molecule has 0 radical (unpaired) electrons. The predicted molar refractivity (Wildman–Crippen MR) is 145 cm³/mol. The Morgan fingerprint density at radius 1 is 0.559 bits per heavy atom. The molecule has 168 valence electrons. The molecule has 1 heterocycles. The second-order valence-electron chi connectivity index (χ2n) is 10.9. The van der Waals surface area contributed by atoms with Crippen LogP contribution in [0.15, 0.2) is 72.8 Å². The van der Waals surface area contributed by atoms with Crippen LogP contribution in [-0.2, 0) is 17.9 Å². The predicted octanol–water partition coefficient (Wildman–Crippen LogP) is 8.72. The molecule has 0 amide bonds. The molecule has 34 heavy (non-hydrogen) atoms. The molecular weight excluding hydrogens is 410 g/mol. The van der Waals surface area contributed by atoms with Crippen molar-refractivity contribution in [1.29, 1.82) is 0 Å². The molecule has 0 saturated carbocycles. The van der Waals surface area contributed by atoms with Gasteiger partial charge in [-0.15, -0.1) is 0 Å². The zero-order valence-corrected chi connectivity index (χ0v) is 20.8. The van der Waals surface area contributed by atoms with Crippen LogP contribution in [0.3, 0.4) is 0 Å². The molecule has 1 heteroatoms. The first kappa shape index (κ1) is 20.1. The number of nitrogens with zero attached hydrogens (tertiary/aromatic N) is 1. The molecule has 1 nitrogen and oxygen atoms in total. The first-order valence-corrected chi connectivity index (χ1v) is 12.7. The summed E-state index contributed by atoms with van der Waals surface area (Å²) in [6.07, 6.45) is 2.21. The van der Waals surface area contributed by atoms with Crippen LogP contribution in [0.1, 0.15) is 62.8 Å². The van der Waals surface area contributed by atoms with Crippen LogP contribution in [0.25, 0.3) is 44.1 Å². The van der Waals surface area contributed by atoms with Crippen molar-refractivity contribution >= 4 is 21.8 Å². The van der Waals surface area contributed by atoms with E-state index in [2.05, 4.69) is 112 Å². The van der Waals surface area contributed by atoms with E-state index in [1.165, 1.54) is 66.3 Å². The zero-order chi connectivity index (χ0) is 23.4. The summed E-state index contributed by atoms with van der Waals surface area (Å²) in [6.45, 7) is 9.51. The summed E-state index contributed by atoms with van der Waals surface area (Å²) in [4.78, 5) is 0. The van der Waals surface area contributed by atoms with Gasteiger partial charge in [-0.3, -0.25) is 0 Å². The Morgan fingerprint density at radius 3 is 1.38 bits per heavy atom. The molecular formula is C33H31N. The molecule has 0 fully saturated rings. The summed E-state index contributed by atoms with van der Waals surface area (Å²) in [6, 6.07) is 28.0. The fraction of sp³-hybridized carbons (Fsp3) is 0.273. The van der Waals surface area contributed by atoms with Gasteiger partial charge in [-0.1, -0.05) is 76.2 Å². The van der Waals surface area contributed by atoms with Crippen LogP contribution in [0.5, 0.6) is 0 Å². The Bertz CT molecular complexity index is 1540. The van der Waals surface area contributed by atoms with Crippen molar-refractivity contribution in [1.82, 2.24) is 4.57 Å². The van der Waals surface area contributed by atoms with Crippen molar-refractivity contribution in [3.8, 4) is 22.3 Å². The van der Waals surface area contributed by atoms with Crippen molar-refractivity contribution < 1.29 is 0 Å². The molecule has 0 saturated heterocycles. The SMILES string of the molecule is CCC1(C)c2ccccc2-c2cc3c(cc21)c1cc2c(cc1n3C)-c1ccccc1C2(C)CC. The normalized spacial score (nSPS) is 22.1. The molecule has 0 aliphatic heterocycles. The van der Waals surface area contributed by atoms with Crippen molar-refractivity contribution in [3.05, 3.63) is 95.1 Å². The molecule has 0 bridgehead atoms. The van der Waals surface area contributed by atoms with Gasteiger partial charge in [-0.25, -0.2) is 0 Å². The van der Waals surface area contributed by atoms with Crippen molar-refractivity contribution in [2.45, 2.75) is 51.4 Å². The fourth-order valence-corrected chi connectivity index (χ4v) is 7.10. The number of hydrogen-bond acceptors (Lipinski definition) is 0. The second kappa shape index (κ2) is 6.42. The van der Waals surface area contributed by atoms with Crippen LogP contribution in [0, 0.1) is 0 Å². The lowest BCUT2D eigenvalue weighted by Crippen LogP contribution is -2.19. The van der Waals surface area contributed by atoms with E-state index >= 15 is 0 Å². The van der Waals surface area contributed by atoms with Gasteiger partial charge in [0, 0.05) is 39.7 Å². The highest BCUT2D eigenvalue weighted by molar-refractivity contribution is 6.12. The third-order valence-electron chi connectivity index (χ3n) is 9.51. The molecule has 0 N–H and O–H groups in total. The number of rotatable bonds is 2. The van der Waals surface area contributed by atoms with E-state index in [4.69, 9.17) is 0 Å². The van der Waals surface area contributed by atoms with Crippen molar-refractivity contribution in [2.75, 3.05) is 0 Å². The molecule has 2 atom stereocenters. The third-order valence-corrected chi connectivity index (χ3v) is 9.51. The monoisotopic (exact) mass is 441 g/mol. The van der Waals surface area contributed by atoms with Gasteiger partial charge in [-0.2, -0.15) is 0 Å². The first-order chi connectivity index (χ1) is 16.4. The standard InChI is InChI=1S/C33H31N/c1-6-32(3)26-14-10-8-12-20(26)22-18-30-24(16-28(22)32)25-17-29-23(19-31(25)34(30)5)21-13-9-11-15-27(21)33(29,4)7-2/h8-19H,6-7H2,1-5H3. The summed E-state index contributed by atoms with van der Waals surface area (Å²) in [5.41, 5.74) is 14.3. The van der Waals surface area contributed by atoms with Gasteiger partial charge in [0.2, 0.25) is 0 Å². The fourth-order valence-electron chi connectivity index (χ4n) is 7.10. The summed E-state index contributed by atoms with van der Waals surface area (Å²) in [7, 11) is 2.24. The summed E-state index contributed by atoms with van der Waals surface area (Å²) in [5, 5.41) is 2.78. The third kappa shape index (κ3) is 2.17. The Morgan fingerprint density at radius 2 is 0.971 bits per heavy atom. The van der Waals surface area contributed by atoms with E-state index in [1.54, 1.807) is 0 Å². The molecule has 2 aliphatic rings. The van der Waals surface area contributed by atoms with E-state index < -0.39 is 0 Å². The molecule has 2 unspecified atom stereocenters. The molecule has 4 aromatic carbocycles. The van der Waals surface area contributed by atoms with Crippen LogP contribution < -0.4 is 0 Å². The van der Waals surface area contributed by atoms with E-state index in [0.29, 0.717) is 0 Å². The quantitative estimate of drug-likeness (QED) is 0.258. The smallest absolute Gasteiger partial charge is 0.0495 e. The Kier molecular flexibility index (Phi) is 3.79. The van der Waals surface area contributed by atoms with Gasteiger partial charge in [0.1, 0.15) is 0 Å². The zero-order valence-electron chi connectivity index (χ0n) is 20.8. The lowest BCUT2D eigenvalue weighted by Gasteiger charge is -2.26. The number of hydrogen-bond donors (Lipinski definition) is 0. The first-order valence-electron chi connectivity index (χ1n) is 12.7. The van der Waals surface area contributed by atoms with E-state index in [-0.39, 0.29) is 10.8 Å². The molecule has 0 spiro atoms. The summed E-state index contributed by atoms with van der Waals surface area (Å²) in [5.74, 6) is 0. The second-order valence-corrected chi connectivity index (χ2v) is 10.9. The van der Waals surface area contributed by atoms with Crippen molar-refractivity contribution in [2.24, 2.45) is 7.05 Å². The topological polar surface area (TPSA) is 4.93 Å². The van der Waals surface area contributed by atoms with E-state index in [0.717, 1.165) is 12.8 Å². The van der Waals surface area contributed by atoms with Crippen molar-refractivity contribution in [3.63, 3.8) is 0 Å². The minimum absolute atomic E-state index is 0.0627. The molecule has 5 aromatic rings. The average Bonchev–Trinajstić information content (AvgIpc) is 3.41. The van der Waals surface area contributed by atoms with E-state index in [9.17, 15) is 0 Å². The molecule has 1 aromatic heterocycles. The Hall–Kier alpha value is -3.32. The average molecular weight is 442 g/mol. The minimum atomic E-state index is 0.0627. The van der Waals surface area contributed by atoms with Gasteiger partial charge in [-0.05, 0) is 81.6 Å². The van der Waals surface area contributed by atoms with E-state index in [1.807, 2.05) is 0 Å².